The summed E-state index contributed by atoms with van der Waals surface area (Å²) < 4.78 is 0. The first-order valence-electron chi connectivity index (χ1n) is 3.51. The minimum atomic E-state index is -0.662. The van der Waals surface area contributed by atoms with E-state index in [4.69, 9.17) is 40.5 Å². The average Bonchev–Trinajstić information content (AvgIpc) is 2.10. The lowest BCUT2D eigenvalue weighted by molar-refractivity contribution is -0.117. The van der Waals surface area contributed by atoms with Crippen LogP contribution in [0.3, 0.4) is 0 Å². The van der Waals surface area contributed by atoms with E-state index in [2.05, 4.69) is 15.9 Å². The van der Waals surface area contributed by atoms with Gasteiger partial charge < -0.3 is 5.73 Å². The van der Waals surface area contributed by atoms with Gasteiger partial charge in [0.05, 0.1) is 10.0 Å². The van der Waals surface area contributed by atoms with E-state index in [-0.39, 0.29) is 0 Å². The number of hydrogen-bond donors (Lipinski definition) is 1. The molecule has 14 heavy (non-hydrogen) atoms. The second-order valence-electron chi connectivity index (χ2n) is 2.55. The van der Waals surface area contributed by atoms with Gasteiger partial charge in [0.2, 0.25) is 5.91 Å². The van der Waals surface area contributed by atoms with Crippen LogP contribution >= 0.6 is 50.7 Å². The molecule has 0 saturated carbocycles. The Morgan fingerprint density at radius 1 is 1.21 bits per heavy atom. The van der Waals surface area contributed by atoms with Crippen LogP contribution in [-0.2, 0) is 4.79 Å². The molecular formula is C8H5BrCl3NO. The number of nitrogens with two attached hydrogens (primary N) is 1. The van der Waals surface area contributed by atoms with Gasteiger partial charge in [-0.05, 0) is 17.7 Å². The van der Waals surface area contributed by atoms with Gasteiger partial charge in [-0.15, -0.1) is 0 Å². The van der Waals surface area contributed by atoms with Crippen molar-refractivity contribution in [1.29, 1.82) is 0 Å². The summed E-state index contributed by atoms with van der Waals surface area (Å²) in [6.45, 7) is 0. The number of rotatable bonds is 2. The molecule has 0 radical (unpaired) electrons. The summed E-state index contributed by atoms with van der Waals surface area (Å²) in [5.74, 6) is -0.537. The summed E-state index contributed by atoms with van der Waals surface area (Å²) in [7, 11) is 0. The molecule has 2 N–H and O–H groups in total. The predicted molar refractivity (Wildman–Crippen MR) is 62.3 cm³/mol. The van der Waals surface area contributed by atoms with Crippen LogP contribution < -0.4 is 5.73 Å². The van der Waals surface area contributed by atoms with Crippen LogP contribution in [-0.4, -0.2) is 5.91 Å². The van der Waals surface area contributed by atoms with Gasteiger partial charge in [0.15, 0.2) is 0 Å². The molecule has 0 heterocycles. The molecule has 0 aliphatic heterocycles. The third-order valence-corrected chi connectivity index (χ3v) is 3.56. The minimum Gasteiger partial charge on any atom is -0.368 e. The van der Waals surface area contributed by atoms with Crippen LogP contribution in [0.2, 0.25) is 15.1 Å². The van der Waals surface area contributed by atoms with Gasteiger partial charge in [-0.2, -0.15) is 0 Å². The Kier molecular flexibility index (Phi) is 4.07. The van der Waals surface area contributed by atoms with E-state index in [1.165, 1.54) is 12.1 Å². The molecule has 0 aromatic heterocycles. The summed E-state index contributed by atoms with van der Waals surface area (Å²) in [6.07, 6.45) is 0. The number of hydrogen-bond acceptors (Lipinski definition) is 1. The summed E-state index contributed by atoms with van der Waals surface area (Å²) in [4.78, 5) is 10.2. The number of benzene rings is 1. The highest BCUT2D eigenvalue weighted by molar-refractivity contribution is 9.09. The van der Waals surface area contributed by atoms with Gasteiger partial charge in [0.25, 0.3) is 0 Å². The zero-order valence-corrected chi connectivity index (χ0v) is 10.6. The Morgan fingerprint density at radius 3 is 2.21 bits per heavy atom. The Morgan fingerprint density at radius 2 is 1.71 bits per heavy atom. The Hall–Kier alpha value is 0.0400. The van der Waals surface area contributed by atoms with Crippen LogP contribution in [0, 0.1) is 0 Å². The van der Waals surface area contributed by atoms with Crippen molar-refractivity contribution in [1.82, 2.24) is 0 Å². The van der Waals surface area contributed by atoms with E-state index in [1.54, 1.807) is 0 Å². The molecule has 1 rings (SSSR count). The molecule has 76 valence electrons. The minimum absolute atomic E-state index is 0.330. The quantitative estimate of drug-likeness (QED) is 0.658. The van der Waals surface area contributed by atoms with E-state index in [0.29, 0.717) is 20.6 Å². The summed E-state index contributed by atoms with van der Waals surface area (Å²) in [6, 6.07) is 2.98. The molecule has 0 fully saturated rings. The van der Waals surface area contributed by atoms with Crippen LogP contribution in [0.25, 0.3) is 0 Å². The van der Waals surface area contributed by atoms with Gasteiger partial charge in [0, 0.05) is 5.02 Å². The van der Waals surface area contributed by atoms with Crippen molar-refractivity contribution in [2.75, 3.05) is 0 Å². The van der Waals surface area contributed by atoms with Crippen molar-refractivity contribution in [3.05, 3.63) is 32.8 Å². The zero-order chi connectivity index (χ0) is 10.9. The molecule has 0 bridgehead atoms. The molecule has 0 aliphatic rings. The first-order chi connectivity index (χ1) is 6.43. The maximum absolute atomic E-state index is 10.9. The fourth-order valence-electron chi connectivity index (χ4n) is 0.885. The molecular weight excluding hydrogens is 312 g/mol. The highest BCUT2D eigenvalue weighted by Crippen LogP contribution is 2.35. The maximum atomic E-state index is 10.9. The number of halogens is 4. The third-order valence-electron chi connectivity index (χ3n) is 1.56. The van der Waals surface area contributed by atoms with Crippen LogP contribution in [0.5, 0.6) is 0 Å². The maximum Gasteiger partial charge on any atom is 0.235 e. The Bertz CT molecular complexity index is 383. The van der Waals surface area contributed by atoms with Crippen molar-refractivity contribution in [2.45, 2.75) is 4.83 Å². The monoisotopic (exact) mass is 315 g/mol. The molecule has 1 amide bonds. The van der Waals surface area contributed by atoms with Crippen molar-refractivity contribution in [2.24, 2.45) is 5.73 Å². The molecule has 1 aromatic rings. The number of alkyl halides is 1. The molecule has 0 spiro atoms. The molecule has 1 aromatic carbocycles. The van der Waals surface area contributed by atoms with E-state index >= 15 is 0 Å². The number of primary amides is 1. The number of carbonyl (C=O) groups excluding carboxylic acids is 1. The highest BCUT2D eigenvalue weighted by atomic mass is 79.9. The van der Waals surface area contributed by atoms with Crippen LogP contribution in [0.1, 0.15) is 10.4 Å². The van der Waals surface area contributed by atoms with Crippen molar-refractivity contribution in [3.8, 4) is 0 Å². The van der Waals surface area contributed by atoms with Gasteiger partial charge in [-0.25, -0.2) is 0 Å². The van der Waals surface area contributed by atoms with E-state index in [9.17, 15) is 4.79 Å². The van der Waals surface area contributed by atoms with Gasteiger partial charge in [-0.3, -0.25) is 4.79 Å². The fourth-order valence-corrected chi connectivity index (χ4v) is 2.06. The summed E-state index contributed by atoms with van der Waals surface area (Å²) >= 11 is 20.5. The molecule has 0 saturated heterocycles. The largest absolute Gasteiger partial charge is 0.368 e. The normalized spacial score (nSPS) is 12.6. The average molecular weight is 317 g/mol. The smallest absolute Gasteiger partial charge is 0.235 e. The van der Waals surface area contributed by atoms with Crippen molar-refractivity contribution >= 4 is 56.6 Å². The summed E-state index contributed by atoms with van der Waals surface area (Å²) in [5.41, 5.74) is 5.61. The lowest BCUT2D eigenvalue weighted by Crippen LogP contribution is -2.16. The first kappa shape index (κ1) is 12.1. The van der Waals surface area contributed by atoms with Crippen LogP contribution in [0.15, 0.2) is 12.1 Å². The van der Waals surface area contributed by atoms with Gasteiger partial charge >= 0.3 is 0 Å². The molecule has 1 unspecified atom stereocenters. The van der Waals surface area contributed by atoms with Crippen molar-refractivity contribution < 1.29 is 4.79 Å². The zero-order valence-electron chi connectivity index (χ0n) is 6.73. The first-order valence-corrected chi connectivity index (χ1v) is 5.56. The van der Waals surface area contributed by atoms with E-state index in [0.717, 1.165) is 0 Å². The molecule has 0 aliphatic carbocycles. The van der Waals surface area contributed by atoms with Crippen LogP contribution in [0.4, 0.5) is 0 Å². The lowest BCUT2D eigenvalue weighted by Gasteiger charge is -2.09. The Labute approximate surface area is 104 Å². The standard InChI is InChI=1S/C8H5BrCl3NO/c9-7(8(13)14)3-1-5(11)6(12)2-4(3)10/h1-2,7H,(H2,13,14). The third kappa shape index (κ3) is 2.54. The Balaban J connectivity index is 3.22. The highest BCUT2D eigenvalue weighted by Gasteiger charge is 2.18. The van der Waals surface area contributed by atoms with Gasteiger partial charge in [0.1, 0.15) is 4.83 Å². The second kappa shape index (κ2) is 4.71. The molecule has 6 heteroatoms. The second-order valence-corrected chi connectivity index (χ2v) is 4.69. The van der Waals surface area contributed by atoms with Gasteiger partial charge in [-0.1, -0.05) is 50.7 Å². The lowest BCUT2D eigenvalue weighted by atomic mass is 10.1. The summed E-state index contributed by atoms with van der Waals surface area (Å²) in [5, 5.41) is 1.02. The van der Waals surface area contributed by atoms with E-state index in [1.807, 2.05) is 0 Å². The number of carbonyl (C=O) groups is 1. The molecule has 2 nitrogen and oxygen atoms in total. The fraction of sp³-hybridized carbons (Fsp3) is 0.125. The number of amides is 1. The topological polar surface area (TPSA) is 43.1 Å². The molecule has 1 atom stereocenters. The van der Waals surface area contributed by atoms with Crippen molar-refractivity contribution in [3.63, 3.8) is 0 Å². The van der Waals surface area contributed by atoms with E-state index < -0.39 is 10.7 Å². The predicted octanol–water partition coefficient (Wildman–Crippen LogP) is 3.57. The SMILES string of the molecule is NC(=O)C(Br)c1cc(Cl)c(Cl)cc1Cl.